The van der Waals surface area contributed by atoms with Crippen molar-refractivity contribution in [2.24, 2.45) is 11.3 Å². The fourth-order valence-electron chi connectivity index (χ4n) is 4.74. The third kappa shape index (κ3) is 7.78. The van der Waals surface area contributed by atoms with Crippen molar-refractivity contribution in [2.45, 2.75) is 91.8 Å². The molecule has 0 radical (unpaired) electrons. The van der Waals surface area contributed by atoms with Crippen molar-refractivity contribution in [3.63, 3.8) is 0 Å². The maximum atomic E-state index is 13.3. The Morgan fingerprint density at radius 2 is 1.85 bits per heavy atom. The van der Waals surface area contributed by atoms with E-state index >= 15 is 0 Å². The van der Waals surface area contributed by atoms with Gasteiger partial charge in [-0.15, -0.1) is 0 Å². The number of aromatic nitrogens is 1. The minimum Gasteiger partial charge on any atom is -0.480 e. The average molecular weight is 554 g/mol. The van der Waals surface area contributed by atoms with E-state index in [2.05, 4.69) is 52.2 Å². The van der Waals surface area contributed by atoms with Gasteiger partial charge in [-0.05, 0) is 62.0 Å². The number of rotatable bonds is 11. The third-order valence-corrected chi connectivity index (χ3v) is 7.59. The van der Waals surface area contributed by atoms with Crippen LogP contribution in [0.25, 0.3) is 10.8 Å². The number of aliphatic carboxylic acids is 1. The van der Waals surface area contributed by atoms with Gasteiger partial charge in [-0.3, -0.25) is 29.2 Å². The van der Waals surface area contributed by atoms with Crippen molar-refractivity contribution in [2.75, 3.05) is 6.54 Å². The van der Waals surface area contributed by atoms with Crippen LogP contribution in [0.3, 0.4) is 0 Å². The molecule has 1 fully saturated rings. The van der Waals surface area contributed by atoms with E-state index in [9.17, 15) is 24.3 Å². The van der Waals surface area contributed by atoms with Crippen LogP contribution in [-0.4, -0.2) is 63.5 Å². The summed E-state index contributed by atoms with van der Waals surface area (Å²) in [5, 5.41) is 18.3. The van der Waals surface area contributed by atoms with Crippen molar-refractivity contribution >= 4 is 34.5 Å². The lowest BCUT2D eigenvalue weighted by atomic mass is 9.85. The number of carboxylic acids is 1. The fraction of sp³-hybridized carbons (Fsp3) is 0.567. The van der Waals surface area contributed by atoms with Gasteiger partial charge in [0.05, 0.1) is 0 Å². The highest BCUT2D eigenvalue weighted by Crippen LogP contribution is 2.25. The van der Waals surface area contributed by atoms with Crippen LogP contribution < -0.4 is 16.1 Å². The minimum absolute atomic E-state index is 0.221. The van der Waals surface area contributed by atoms with Crippen molar-refractivity contribution < 1.29 is 24.3 Å². The highest BCUT2D eigenvalue weighted by atomic mass is 16.4. The number of nitrogens with one attached hydrogen (secondary N) is 3. The lowest BCUT2D eigenvalue weighted by Gasteiger charge is -2.34. The molecule has 10 heteroatoms. The van der Waals surface area contributed by atoms with Crippen molar-refractivity contribution in [1.82, 2.24) is 26.1 Å². The highest BCUT2D eigenvalue weighted by Gasteiger charge is 2.35. The normalized spacial score (nSPS) is 17.4. The van der Waals surface area contributed by atoms with Crippen LogP contribution >= 0.6 is 0 Å². The lowest BCUT2D eigenvalue weighted by Crippen LogP contribution is -2.61. The number of carbonyl (C=O) groups is 4. The van der Waals surface area contributed by atoms with Crippen LogP contribution in [0.2, 0.25) is 0 Å². The van der Waals surface area contributed by atoms with Gasteiger partial charge in [0.1, 0.15) is 18.1 Å². The molecule has 2 heterocycles. The van der Waals surface area contributed by atoms with Gasteiger partial charge in [-0.25, -0.2) is 5.43 Å². The topological polar surface area (TPSA) is 141 Å². The van der Waals surface area contributed by atoms with Gasteiger partial charge in [-0.2, -0.15) is 0 Å². The predicted molar refractivity (Wildman–Crippen MR) is 153 cm³/mol. The molecule has 10 nitrogen and oxygen atoms in total. The zero-order valence-electron chi connectivity index (χ0n) is 24.4. The molecule has 1 aromatic heterocycles. The molecule has 1 aromatic carbocycles. The number of aryl methyl sites for hydroxylation is 2. The van der Waals surface area contributed by atoms with E-state index in [-0.39, 0.29) is 11.8 Å². The summed E-state index contributed by atoms with van der Waals surface area (Å²) in [6.07, 6.45) is 4.94. The molecule has 1 aliphatic rings. The van der Waals surface area contributed by atoms with E-state index in [0.717, 1.165) is 22.9 Å². The first-order valence-electron chi connectivity index (χ1n) is 14.1. The van der Waals surface area contributed by atoms with Crippen LogP contribution in [-0.2, 0) is 32.0 Å². The second-order valence-electron chi connectivity index (χ2n) is 11.7. The zero-order valence-corrected chi connectivity index (χ0v) is 24.4. The highest BCUT2D eigenvalue weighted by molar-refractivity contribution is 5.93. The Morgan fingerprint density at radius 3 is 2.50 bits per heavy atom. The molecule has 218 valence electrons. The van der Waals surface area contributed by atoms with E-state index in [0.29, 0.717) is 32.2 Å². The number of fused-ring (bicyclic) bond motifs is 1. The molecule has 0 bridgehead atoms. The lowest BCUT2D eigenvalue weighted by molar-refractivity contribution is -0.148. The second kappa shape index (κ2) is 13.2. The summed E-state index contributed by atoms with van der Waals surface area (Å²) >= 11 is 0. The molecule has 3 amide bonds. The quantitative estimate of drug-likeness (QED) is 0.335. The fourth-order valence-corrected chi connectivity index (χ4v) is 4.74. The molecule has 3 rings (SSSR count). The summed E-state index contributed by atoms with van der Waals surface area (Å²) in [7, 11) is 0. The number of pyridine rings is 1. The Balaban J connectivity index is 1.60. The first kappa shape index (κ1) is 31.0. The molecule has 0 saturated carbocycles. The van der Waals surface area contributed by atoms with Crippen molar-refractivity contribution in [1.29, 1.82) is 0 Å². The first-order chi connectivity index (χ1) is 18.8. The smallest absolute Gasteiger partial charge is 0.322 e. The van der Waals surface area contributed by atoms with E-state index in [1.165, 1.54) is 10.6 Å². The number of hydrazine groups is 1. The summed E-state index contributed by atoms with van der Waals surface area (Å²) in [5.41, 5.74) is 4.11. The Labute approximate surface area is 236 Å². The van der Waals surface area contributed by atoms with Gasteiger partial charge in [0.15, 0.2) is 0 Å². The molecule has 0 aliphatic carbocycles. The SMILES string of the molecule is CCc1ccc2cnc(CCC(C)(C)C(=O)NC(C(=O)NC(C)C(=O)N3CCCC(C(=O)O)N3)C(C)C)cc2c1. The van der Waals surface area contributed by atoms with E-state index < -0.39 is 41.3 Å². The van der Waals surface area contributed by atoms with Crippen LogP contribution in [0.4, 0.5) is 0 Å². The molecule has 40 heavy (non-hydrogen) atoms. The summed E-state index contributed by atoms with van der Waals surface area (Å²) in [6.45, 7) is 11.4. The first-order valence-corrected chi connectivity index (χ1v) is 14.1. The van der Waals surface area contributed by atoms with Gasteiger partial charge in [0.2, 0.25) is 11.8 Å². The van der Waals surface area contributed by atoms with Gasteiger partial charge < -0.3 is 15.7 Å². The monoisotopic (exact) mass is 553 g/mol. The van der Waals surface area contributed by atoms with Gasteiger partial charge >= 0.3 is 5.97 Å². The standard InChI is InChI=1S/C30H43N5O5/c1-7-20-10-11-21-17-31-23(16-22(21)15-20)12-13-30(5,6)29(40)33-25(18(2)3)26(36)32-19(4)27(37)35-14-8-9-24(34-35)28(38)39/h10-11,15-19,24-25,34H,7-9,12-14H2,1-6H3,(H,32,36)(H,33,40)(H,38,39). The van der Waals surface area contributed by atoms with Gasteiger partial charge in [0.25, 0.3) is 5.91 Å². The zero-order chi connectivity index (χ0) is 29.6. The Morgan fingerprint density at radius 1 is 1.12 bits per heavy atom. The maximum Gasteiger partial charge on any atom is 0.322 e. The average Bonchev–Trinajstić information content (AvgIpc) is 2.93. The minimum atomic E-state index is -1.03. The molecular weight excluding hydrogens is 510 g/mol. The van der Waals surface area contributed by atoms with Crippen LogP contribution in [0.15, 0.2) is 30.5 Å². The van der Waals surface area contributed by atoms with Crippen LogP contribution in [0.5, 0.6) is 0 Å². The summed E-state index contributed by atoms with van der Waals surface area (Å²) in [4.78, 5) is 55.2. The molecule has 4 N–H and O–H groups in total. The van der Waals surface area contributed by atoms with Gasteiger partial charge in [-0.1, -0.05) is 52.8 Å². The van der Waals surface area contributed by atoms with E-state index in [1.54, 1.807) is 6.92 Å². The molecule has 0 spiro atoms. The largest absolute Gasteiger partial charge is 0.480 e. The predicted octanol–water partition coefficient (Wildman–Crippen LogP) is 2.98. The Hall–Kier alpha value is -3.53. The number of nitrogens with zero attached hydrogens (tertiary/aromatic N) is 2. The molecule has 1 saturated heterocycles. The van der Waals surface area contributed by atoms with Crippen molar-refractivity contribution in [3.05, 3.63) is 41.7 Å². The third-order valence-electron chi connectivity index (χ3n) is 7.59. The summed E-state index contributed by atoms with van der Waals surface area (Å²) in [6, 6.07) is 5.84. The van der Waals surface area contributed by atoms with Crippen molar-refractivity contribution in [3.8, 4) is 0 Å². The summed E-state index contributed by atoms with van der Waals surface area (Å²) in [5.74, 6) is -2.39. The Bertz CT molecular complexity index is 1240. The number of hydrogen-bond donors (Lipinski definition) is 4. The number of benzene rings is 1. The number of amides is 3. The van der Waals surface area contributed by atoms with E-state index in [1.807, 2.05) is 33.9 Å². The number of carbonyl (C=O) groups excluding carboxylic acids is 3. The summed E-state index contributed by atoms with van der Waals surface area (Å²) < 4.78 is 0. The second-order valence-corrected chi connectivity index (χ2v) is 11.7. The molecule has 1 aliphatic heterocycles. The van der Waals surface area contributed by atoms with E-state index in [4.69, 9.17) is 0 Å². The maximum absolute atomic E-state index is 13.3. The molecule has 3 unspecified atom stereocenters. The number of carboxylic acid groups (broad SMARTS) is 1. The molecule has 2 aromatic rings. The molecular formula is C30H43N5O5. The molecule has 3 atom stereocenters. The number of hydrogen-bond acceptors (Lipinski definition) is 6. The van der Waals surface area contributed by atoms with Gasteiger partial charge in [0, 0.05) is 29.2 Å². The van der Waals surface area contributed by atoms with Crippen LogP contribution in [0.1, 0.15) is 72.1 Å². The van der Waals surface area contributed by atoms with Crippen LogP contribution in [0, 0.1) is 11.3 Å². The Kier molecular flexibility index (Phi) is 10.2.